The van der Waals surface area contributed by atoms with E-state index in [1.807, 2.05) is 0 Å². The Morgan fingerprint density at radius 1 is 0.514 bits per heavy atom. The fraction of sp³-hybridized carbons (Fsp3) is 0.571. The van der Waals surface area contributed by atoms with Crippen molar-refractivity contribution in [2.75, 3.05) is 0 Å². The van der Waals surface area contributed by atoms with E-state index < -0.39 is 20.2 Å². The van der Waals surface area contributed by atoms with Gasteiger partial charge in [0.1, 0.15) is 20.2 Å². The SMILES string of the molecule is CCCCCCCCc1ccccc1S(=O)(=O)[O-].CCCCCCCCc1ccccc1S(=O)(=O)[O-].[Mg+2]. The van der Waals surface area contributed by atoms with Crippen LogP contribution in [0, 0.1) is 0 Å². The van der Waals surface area contributed by atoms with Crippen molar-refractivity contribution in [3.05, 3.63) is 59.7 Å². The molecule has 0 saturated carbocycles. The summed E-state index contributed by atoms with van der Waals surface area (Å²) in [5.41, 5.74) is 1.31. The number of hydrogen-bond donors (Lipinski definition) is 0. The zero-order valence-electron chi connectivity index (χ0n) is 22.5. The molecule has 0 aromatic heterocycles. The van der Waals surface area contributed by atoms with Gasteiger partial charge in [0, 0.05) is 0 Å². The minimum absolute atomic E-state index is 0. The molecule has 0 aliphatic heterocycles. The zero-order valence-corrected chi connectivity index (χ0v) is 25.5. The third kappa shape index (κ3) is 15.9. The average molecular weight is 563 g/mol. The van der Waals surface area contributed by atoms with E-state index in [-0.39, 0.29) is 32.8 Å². The Kier molecular flexibility index (Phi) is 19.5. The van der Waals surface area contributed by atoms with E-state index in [9.17, 15) is 25.9 Å². The summed E-state index contributed by atoms with van der Waals surface area (Å²) in [6.07, 6.45) is 15.2. The molecule has 204 valence electrons. The molecule has 0 atom stereocenters. The van der Waals surface area contributed by atoms with Crippen LogP contribution in [-0.2, 0) is 33.1 Å². The molecule has 0 N–H and O–H groups in total. The molecule has 2 aromatic carbocycles. The molecule has 0 saturated heterocycles. The molecule has 37 heavy (non-hydrogen) atoms. The van der Waals surface area contributed by atoms with Gasteiger partial charge in [0.2, 0.25) is 0 Å². The third-order valence-electron chi connectivity index (χ3n) is 6.08. The van der Waals surface area contributed by atoms with Crippen molar-refractivity contribution >= 4 is 43.3 Å². The van der Waals surface area contributed by atoms with Crippen molar-refractivity contribution in [2.24, 2.45) is 0 Å². The van der Waals surface area contributed by atoms with Gasteiger partial charge < -0.3 is 9.11 Å². The Morgan fingerprint density at radius 2 is 0.811 bits per heavy atom. The fourth-order valence-corrected chi connectivity index (χ4v) is 5.57. The largest absolute Gasteiger partial charge is 2.00 e. The molecule has 0 fully saturated rings. The first-order chi connectivity index (χ1) is 17.1. The Balaban J connectivity index is 0.000000682. The molecule has 0 bridgehead atoms. The van der Waals surface area contributed by atoms with Crippen molar-refractivity contribution in [1.82, 2.24) is 0 Å². The van der Waals surface area contributed by atoms with Gasteiger partial charge in [-0.25, -0.2) is 16.8 Å². The first kappa shape index (κ1) is 36.0. The van der Waals surface area contributed by atoms with Crippen molar-refractivity contribution in [1.29, 1.82) is 0 Å². The molecule has 2 rings (SSSR count). The standard InChI is InChI=1S/2C14H22O3S.Mg/c2*1-2-3-4-5-6-7-10-13-11-8-9-12-14(13)18(15,16)17;/h2*8-9,11-12H,2-7,10H2,1H3,(H,15,16,17);/q;;+2/p-2. The first-order valence-corrected chi connectivity index (χ1v) is 16.0. The Labute approximate surface area is 241 Å². The normalized spacial score (nSPS) is 11.4. The van der Waals surface area contributed by atoms with Crippen molar-refractivity contribution < 1.29 is 25.9 Å². The van der Waals surface area contributed by atoms with Crippen LogP contribution in [0.1, 0.15) is 102 Å². The molecule has 0 spiro atoms. The van der Waals surface area contributed by atoms with Crippen LogP contribution in [0.25, 0.3) is 0 Å². The van der Waals surface area contributed by atoms with Crippen LogP contribution >= 0.6 is 0 Å². The zero-order chi connectivity index (χ0) is 26.9. The first-order valence-electron chi connectivity index (χ1n) is 13.2. The van der Waals surface area contributed by atoms with Crippen LogP contribution in [0.2, 0.25) is 0 Å². The summed E-state index contributed by atoms with van der Waals surface area (Å²) < 4.78 is 66.4. The number of rotatable bonds is 16. The van der Waals surface area contributed by atoms with E-state index in [0.717, 1.165) is 25.7 Å². The molecule has 9 heteroatoms. The van der Waals surface area contributed by atoms with Gasteiger partial charge in [0.15, 0.2) is 0 Å². The van der Waals surface area contributed by atoms with E-state index in [1.165, 1.54) is 63.5 Å². The fourth-order valence-electron chi connectivity index (χ4n) is 4.10. The molecule has 0 heterocycles. The van der Waals surface area contributed by atoms with Gasteiger partial charge in [0.05, 0.1) is 9.79 Å². The van der Waals surface area contributed by atoms with Crippen molar-refractivity contribution in [3.63, 3.8) is 0 Å². The molecular weight excluding hydrogens is 521 g/mol. The average Bonchev–Trinajstić information content (AvgIpc) is 2.83. The molecule has 0 aliphatic carbocycles. The topological polar surface area (TPSA) is 114 Å². The second kappa shape index (κ2) is 20.0. The van der Waals surface area contributed by atoms with E-state index in [2.05, 4.69) is 13.8 Å². The number of hydrogen-bond acceptors (Lipinski definition) is 6. The van der Waals surface area contributed by atoms with E-state index in [4.69, 9.17) is 0 Å². The Hall–Kier alpha value is -0.974. The van der Waals surface area contributed by atoms with Gasteiger partial charge in [0.25, 0.3) is 0 Å². The van der Waals surface area contributed by atoms with Crippen LogP contribution in [-0.4, -0.2) is 49.0 Å². The van der Waals surface area contributed by atoms with E-state index in [1.54, 1.807) is 36.4 Å². The summed E-state index contributed by atoms with van der Waals surface area (Å²) in [4.78, 5) is -0.114. The Bertz CT molecular complexity index is 998. The maximum Gasteiger partial charge on any atom is 2.00 e. The number of unbranched alkanes of at least 4 members (excludes halogenated alkanes) is 10. The summed E-state index contributed by atoms with van der Waals surface area (Å²) >= 11 is 0. The minimum Gasteiger partial charge on any atom is -0.744 e. The van der Waals surface area contributed by atoms with E-state index in [0.29, 0.717) is 24.0 Å². The Morgan fingerprint density at radius 3 is 1.14 bits per heavy atom. The molecule has 0 aliphatic rings. The number of aryl methyl sites for hydroxylation is 2. The van der Waals surface area contributed by atoms with Gasteiger partial charge in [-0.15, -0.1) is 0 Å². The minimum atomic E-state index is -4.33. The van der Waals surface area contributed by atoms with Crippen LogP contribution in [0.3, 0.4) is 0 Å². The predicted octanol–water partition coefficient (Wildman–Crippen LogP) is 6.61. The maximum absolute atomic E-state index is 11.1. The molecule has 0 radical (unpaired) electrons. The quantitative estimate of drug-likeness (QED) is 0.129. The summed E-state index contributed by atoms with van der Waals surface area (Å²) in [7, 11) is -8.67. The summed E-state index contributed by atoms with van der Waals surface area (Å²) in [5.74, 6) is 0. The monoisotopic (exact) mass is 562 g/mol. The van der Waals surface area contributed by atoms with Gasteiger partial charge in [-0.2, -0.15) is 0 Å². The summed E-state index contributed by atoms with van der Waals surface area (Å²) in [5, 5.41) is 0. The molecular formula is C28H42MgO6S2. The smallest absolute Gasteiger partial charge is 0.744 e. The van der Waals surface area contributed by atoms with Crippen LogP contribution in [0.4, 0.5) is 0 Å². The predicted molar refractivity (Wildman–Crippen MR) is 149 cm³/mol. The van der Waals surface area contributed by atoms with Crippen LogP contribution < -0.4 is 0 Å². The van der Waals surface area contributed by atoms with Crippen molar-refractivity contribution in [2.45, 2.75) is 114 Å². The molecule has 0 unspecified atom stereocenters. The van der Waals surface area contributed by atoms with Gasteiger partial charge >= 0.3 is 23.1 Å². The number of benzene rings is 2. The van der Waals surface area contributed by atoms with Crippen LogP contribution in [0.5, 0.6) is 0 Å². The molecule has 2 aromatic rings. The molecule has 0 amide bonds. The van der Waals surface area contributed by atoms with Crippen molar-refractivity contribution in [3.8, 4) is 0 Å². The third-order valence-corrected chi connectivity index (χ3v) is 7.96. The van der Waals surface area contributed by atoms with Gasteiger partial charge in [-0.05, 0) is 48.9 Å². The second-order valence-corrected chi connectivity index (χ2v) is 11.9. The van der Waals surface area contributed by atoms with Gasteiger partial charge in [-0.1, -0.05) is 114 Å². The molecule has 6 nitrogen and oxygen atoms in total. The summed E-state index contributed by atoms with van der Waals surface area (Å²) in [6, 6.07) is 13.0. The second-order valence-electron chi connectivity index (χ2n) is 9.16. The van der Waals surface area contributed by atoms with E-state index >= 15 is 0 Å². The maximum atomic E-state index is 11.1. The summed E-state index contributed by atoms with van der Waals surface area (Å²) in [6.45, 7) is 4.35. The van der Waals surface area contributed by atoms with Gasteiger partial charge in [-0.3, -0.25) is 0 Å². The van der Waals surface area contributed by atoms with Crippen LogP contribution in [0.15, 0.2) is 58.3 Å².